The zero-order valence-electron chi connectivity index (χ0n) is 11.4. The van der Waals surface area contributed by atoms with Crippen LogP contribution in [0, 0.1) is 0 Å². The third kappa shape index (κ3) is 4.65. The maximum atomic E-state index is 11.5. The molecule has 0 saturated carbocycles. The first-order valence-corrected chi connectivity index (χ1v) is 6.83. The van der Waals surface area contributed by atoms with Crippen molar-refractivity contribution in [3.63, 3.8) is 0 Å². The molecule has 20 heavy (non-hydrogen) atoms. The molecular weight excluding hydrogens is 344 g/mol. The van der Waals surface area contributed by atoms with E-state index in [0.717, 1.165) is 42.9 Å². The van der Waals surface area contributed by atoms with E-state index in [1.165, 1.54) is 7.11 Å². The first-order chi connectivity index (χ1) is 9.13. The number of piperidine rings is 1. The van der Waals surface area contributed by atoms with Gasteiger partial charge in [0.1, 0.15) is 0 Å². The number of benzene rings is 1. The smallest absolute Gasteiger partial charge is 0.407 e. The molecule has 1 saturated heterocycles. The van der Waals surface area contributed by atoms with Crippen molar-refractivity contribution in [2.45, 2.75) is 24.8 Å². The Balaban J connectivity index is 0.00000200. The molecule has 1 aliphatic heterocycles. The average molecular weight is 364 g/mol. The van der Waals surface area contributed by atoms with Gasteiger partial charge in [0.2, 0.25) is 0 Å². The van der Waals surface area contributed by atoms with Crippen LogP contribution in [0.15, 0.2) is 24.3 Å². The van der Waals surface area contributed by atoms with Gasteiger partial charge >= 0.3 is 6.09 Å². The second-order valence-electron chi connectivity index (χ2n) is 4.98. The number of halogens is 2. The summed E-state index contributed by atoms with van der Waals surface area (Å²) in [6.45, 7) is 1.75. The van der Waals surface area contributed by atoms with Gasteiger partial charge in [-0.05, 0) is 43.5 Å². The van der Waals surface area contributed by atoms with Crippen LogP contribution in [-0.2, 0) is 11.2 Å². The van der Waals surface area contributed by atoms with Gasteiger partial charge in [0.15, 0.2) is 0 Å². The molecule has 112 valence electrons. The molecule has 1 aromatic carbocycles. The molecule has 2 rings (SSSR count). The molecule has 0 aromatic heterocycles. The van der Waals surface area contributed by atoms with Crippen molar-refractivity contribution in [1.29, 1.82) is 0 Å². The number of ether oxygens (including phenoxy) is 1. The van der Waals surface area contributed by atoms with Crippen LogP contribution < -0.4 is 10.6 Å². The second-order valence-corrected chi connectivity index (χ2v) is 5.42. The van der Waals surface area contributed by atoms with Gasteiger partial charge in [0.05, 0.1) is 12.6 Å². The minimum atomic E-state index is -0.377. The Hall–Kier alpha value is -0.780. The summed E-state index contributed by atoms with van der Waals surface area (Å²) in [5, 5.41) is 7.05. The highest BCUT2D eigenvalue weighted by molar-refractivity contribution is 8.93. The lowest BCUT2D eigenvalue weighted by molar-refractivity contribution is 0.146. The van der Waals surface area contributed by atoms with Crippen LogP contribution in [0.25, 0.3) is 0 Å². The summed E-state index contributed by atoms with van der Waals surface area (Å²) in [5.41, 5.74) is 0.878. The molecule has 1 aliphatic rings. The van der Waals surface area contributed by atoms with E-state index in [0.29, 0.717) is 0 Å². The van der Waals surface area contributed by atoms with Crippen molar-refractivity contribution in [2.24, 2.45) is 0 Å². The molecule has 1 heterocycles. The first-order valence-electron chi connectivity index (χ1n) is 6.45. The highest BCUT2D eigenvalue weighted by Gasteiger charge is 2.34. The maximum Gasteiger partial charge on any atom is 0.407 e. The Bertz CT molecular complexity index is 433. The van der Waals surface area contributed by atoms with Gasteiger partial charge in [0, 0.05) is 11.6 Å². The predicted octanol–water partition coefficient (Wildman–Crippen LogP) is 2.94. The molecule has 4 nitrogen and oxygen atoms in total. The van der Waals surface area contributed by atoms with Gasteiger partial charge in [-0.3, -0.25) is 0 Å². The summed E-state index contributed by atoms with van der Waals surface area (Å²) in [7, 11) is 1.39. The van der Waals surface area contributed by atoms with E-state index in [1.807, 2.05) is 24.3 Å². The van der Waals surface area contributed by atoms with Gasteiger partial charge in [-0.1, -0.05) is 23.7 Å². The highest BCUT2D eigenvalue weighted by atomic mass is 79.9. The lowest BCUT2D eigenvalue weighted by Crippen LogP contribution is -2.59. The van der Waals surface area contributed by atoms with Crippen LogP contribution in [0.2, 0.25) is 5.02 Å². The number of rotatable bonds is 3. The molecule has 1 aromatic rings. The fourth-order valence-corrected chi connectivity index (χ4v) is 2.66. The molecule has 1 atom stereocenters. The number of methoxy groups -OCH3 is 1. The van der Waals surface area contributed by atoms with Crippen LogP contribution in [0.3, 0.4) is 0 Å². The van der Waals surface area contributed by atoms with Crippen LogP contribution >= 0.6 is 28.6 Å². The molecule has 6 heteroatoms. The van der Waals surface area contributed by atoms with E-state index in [-0.39, 0.29) is 28.6 Å². The number of carbonyl (C=O) groups is 1. The molecule has 1 unspecified atom stereocenters. The quantitative estimate of drug-likeness (QED) is 0.868. The standard InChI is InChI=1S/C14H19ClN2O2.BrH/c1-19-13(18)17-14(7-2-8-16-10-14)9-11-3-5-12(15)6-4-11;/h3-6,16H,2,7-10H2,1H3,(H,17,18);1H. The summed E-state index contributed by atoms with van der Waals surface area (Å²) in [6, 6.07) is 7.74. The largest absolute Gasteiger partial charge is 0.453 e. The van der Waals surface area contributed by atoms with Crippen molar-refractivity contribution in [3.8, 4) is 0 Å². The van der Waals surface area contributed by atoms with Gasteiger partial charge in [-0.25, -0.2) is 4.79 Å². The van der Waals surface area contributed by atoms with Crippen LogP contribution in [0.4, 0.5) is 4.79 Å². The van der Waals surface area contributed by atoms with E-state index in [1.54, 1.807) is 0 Å². The van der Waals surface area contributed by atoms with Crippen molar-refractivity contribution < 1.29 is 9.53 Å². The lowest BCUT2D eigenvalue weighted by atomic mass is 9.84. The summed E-state index contributed by atoms with van der Waals surface area (Å²) in [5.74, 6) is 0. The zero-order chi connectivity index (χ0) is 13.7. The zero-order valence-corrected chi connectivity index (χ0v) is 13.9. The number of hydrogen-bond donors (Lipinski definition) is 2. The minimum absolute atomic E-state index is 0. The van der Waals surface area contributed by atoms with Crippen molar-refractivity contribution in [3.05, 3.63) is 34.9 Å². The van der Waals surface area contributed by atoms with Gasteiger partial charge in [-0.15, -0.1) is 17.0 Å². The van der Waals surface area contributed by atoms with Crippen LogP contribution in [0.1, 0.15) is 18.4 Å². The van der Waals surface area contributed by atoms with E-state index in [4.69, 9.17) is 16.3 Å². The number of carbonyl (C=O) groups excluding carboxylic acids is 1. The fraction of sp³-hybridized carbons (Fsp3) is 0.500. The van der Waals surface area contributed by atoms with E-state index in [2.05, 4.69) is 10.6 Å². The third-order valence-electron chi connectivity index (χ3n) is 3.48. The second kappa shape index (κ2) is 7.86. The molecule has 1 amide bonds. The average Bonchev–Trinajstić information content (AvgIpc) is 2.42. The fourth-order valence-electron chi connectivity index (χ4n) is 2.53. The first kappa shape index (κ1) is 17.3. The monoisotopic (exact) mass is 362 g/mol. The summed E-state index contributed by atoms with van der Waals surface area (Å²) >= 11 is 5.89. The summed E-state index contributed by atoms with van der Waals surface area (Å²) in [4.78, 5) is 11.5. The minimum Gasteiger partial charge on any atom is -0.453 e. The SMILES string of the molecule is Br.COC(=O)NC1(Cc2ccc(Cl)cc2)CCCNC1. The molecule has 1 fully saturated rings. The highest BCUT2D eigenvalue weighted by Crippen LogP contribution is 2.23. The van der Waals surface area contributed by atoms with Crippen LogP contribution in [0.5, 0.6) is 0 Å². The topological polar surface area (TPSA) is 50.4 Å². The number of amides is 1. The maximum absolute atomic E-state index is 11.5. The lowest BCUT2D eigenvalue weighted by Gasteiger charge is -2.38. The Morgan fingerprint density at radius 2 is 2.15 bits per heavy atom. The van der Waals surface area contributed by atoms with E-state index < -0.39 is 0 Å². The number of hydrogen-bond acceptors (Lipinski definition) is 3. The number of alkyl carbamates (subject to hydrolysis) is 1. The van der Waals surface area contributed by atoms with Gasteiger partial charge < -0.3 is 15.4 Å². The van der Waals surface area contributed by atoms with Gasteiger partial charge in [-0.2, -0.15) is 0 Å². The van der Waals surface area contributed by atoms with Crippen LogP contribution in [-0.4, -0.2) is 31.8 Å². The van der Waals surface area contributed by atoms with Crippen molar-refractivity contribution in [2.75, 3.05) is 20.2 Å². The summed E-state index contributed by atoms with van der Waals surface area (Å²) in [6.07, 6.45) is 2.37. The Kier molecular flexibility index (Phi) is 6.79. The van der Waals surface area contributed by atoms with Gasteiger partial charge in [0.25, 0.3) is 0 Å². The Labute approximate surface area is 135 Å². The molecule has 0 spiro atoms. The Morgan fingerprint density at radius 3 is 2.70 bits per heavy atom. The molecule has 0 aliphatic carbocycles. The predicted molar refractivity (Wildman–Crippen MR) is 85.9 cm³/mol. The number of nitrogens with one attached hydrogen (secondary N) is 2. The van der Waals surface area contributed by atoms with Crippen molar-refractivity contribution >= 4 is 34.7 Å². The third-order valence-corrected chi connectivity index (χ3v) is 3.73. The molecule has 0 bridgehead atoms. The normalized spacial score (nSPS) is 21.7. The molecule has 2 N–H and O–H groups in total. The summed E-state index contributed by atoms with van der Waals surface area (Å²) < 4.78 is 4.74. The van der Waals surface area contributed by atoms with Crippen molar-refractivity contribution in [1.82, 2.24) is 10.6 Å². The van der Waals surface area contributed by atoms with E-state index in [9.17, 15) is 4.79 Å². The van der Waals surface area contributed by atoms with E-state index >= 15 is 0 Å². The molecular formula is C14H20BrClN2O2. The Morgan fingerprint density at radius 1 is 1.45 bits per heavy atom. The molecule has 0 radical (unpaired) electrons.